The van der Waals surface area contributed by atoms with Crippen LogP contribution < -0.4 is 10.1 Å². The van der Waals surface area contributed by atoms with Gasteiger partial charge in [-0.2, -0.15) is 4.31 Å². The first-order chi connectivity index (χ1) is 14.3. The highest BCUT2D eigenvalue weighted by Gasteiger charge is 2.28. The third kappa shape index (κ3) is 5.38. The van der Waals surface area contributed by atoms with Gasteiger partial charge in [0.25, 0.3) is 5.91 Å². The van der Waals surface area contributed by atoms with E-state index >= 15 is 0 Å². The summed E-state index contributed by atoms with van der Waals surface area (Å²) in [6.45, 7) is 7.24. The van der Waals surface area contributed by atoms with Gasteiger partial charge in [0.1, 0.15) is 12.4 Å². The normalized spacial score (nSPS) is 16.1. The van der Waals surface area contributed by atoms with Gasteiger partial charge in [-0.1, -0.05) is 23.8 Å². The number of hydrogen-bond donors (Lipinski definition) is 1. The molecule has 30 heavy (non-hydrogen) atoms. The van der Waals surface area contributed by atoms with Crippen molar-refractivity contribution < 1.29 is 22.7 Å². The van der Waals surface area contributed by atoms with E-state index in [1.807, 2.05) is 38.1 Å². The molecule has 1 aliphatic heterocycles. The van der Waals surface area contributed by atoms with Crippen molar-refractivity contribution in [1.82, 2.24) is 9.62 Å². The number of carbonyl (C=O) groups excluding carboxylic acids is 1. The first-order valence-corrected chi connectivity index (χ1v) is 11.4. The molecule has 0 aliphatic carbocycles. The van der Waals surface area contributed by atoms with Crippen LogP contribution in [0.3, 0.4) is 0 Å². The molecular formula is C22H28N2O5S. The molecule has 0 radical (unpaired) electrons. The van der Waals surface area contributed by atoms with Crippen molar-refractivity contribution in [3.63, 3.8) is 0 Å². The number of benzene rings is 2. The lowest BCUT2D eigenvalue weighted by molar-refractivity contribution is 0.0730. The van der Waals surface area contributed by atoms with Gasteiger partial charge in [0.15, 0.2) is 0 Å². The van der Waals surface area contributed by atoms with E-state index in [0.29, 0.717) is 44.0 Å². The lowest BCUT2D eigenvalue weighted by atomic mass is 10.1. The van der Waals surface area contributed by atoms with Crippen molar-refractivity contribution in [2.24, 2.45) is 0 Å². The summed E-state index contributed by atoms with van der Waals surface area (Å²) >= 11 is 0. The van der Waals surface area contributed by atoms with Crippen molar-refractivity contribution in [2.45, 2.75) is 31.7 Å². The van der Waals surface area contributed by atoms with Crippen molar-refractivity contribution in [3.8, 4) is 5.75 Å². The fourth-order valence-corrected chi connectivity index (χ4v) is 4.81. The molecule has 1 atom stereocenters. The van der Waals surface area contributed by atoms with Gasteiger partial charge in [-0.05, 0) is 50.6 Å². The van der Waals surface area contributed by atoms with Gasteiger partial charge in [0.05, 0.1) is 24.2 Å². The van der Waals surface area contributed by atoms with Crippen molar-refractivity contribution in [3.05, 3.63) is 59.2 Å². The molecule has 1 aliphatic rings. The molecule has 3 rings (SSSR count). The summed E-state index contributed by atoms with van der Waals surface area (Å²) in [6.07, 6.45) is 0. The molecule has 8 heteroatoms. The summed E-state index contributed by atoms with van der Waals surface area (Å²) < 4.78 is 38.4. The van der Waals surface area contributed by atoms with Gasteiger partial charge < -0.3 is 14.8 Å². The van der Waals surface area contributed by atoms with Crippen LogP contribution in [-0.4, -0.2) is 57.6 Å². The van der Waals surface area contributed by atoms with Crippen LogP contribution in [0.15, 0.2) is 47.4 Å². The third-order valence-corrected chi connectivity index (χ3v) is 6.98. The Morgan fingerprint density at radius 3 is 2.47 bits per heavy atom. The average Bonchev–Trinajstić information content (AvgIpc) is 2.74. The molecular weight excluding hydrogens is 404 g/mol. The van der Waals surface area contributed by atoms with Crippen molar-refractivity contribution in [2.75, 3.05) is 32.9 Å². The summed E-state index contributed by atoms with van der Waals surface area (Å²) in [4.78, 5) is 12.8. The standard InChI is InChI=1S/C22H28N2O5S/c1-16-4-8-20(9-5-16)29-15-18(3)23-22(25)19-7-6-17(2)21(14-19)30(26,27)24-10-12-28-13-11-24/h4-9,14,18H,10-13,15H2,1-3H3,(H,23,25)/t18-/m1/s1. The molecule has 0 aromatic heterocycles. The van der Waals surface area contributed by atoms with E-state index < -0.39 is 10.0 Å². The number of rotatable bonds is 7. The lowest BCUT2D eigenvalue weighted by Crippen LogP contribution is -2.41. The summed E-state index contributed by atoms with van der Waals surface area (Å²) in [7, 11) is -3.68. The van der Waals surface area contributed by atoms with E-state index in [2.05, 4.69) is 5.32 Å². The Balaban J connectivity index is 1.67. The van der Waals surface area contributed by atoms with Gasteiger partial charge >= 0.3 is 0 Å². The Bertz CT molecular complexity index is 983. The topological polar surface area (TPSA) is 84.9 Å². The van der Waals surface area contributed by atoms with Crippen molar-refractivity contribution >= 4 is 15.9 Å². The van der Waals surface area contributed by atoms with E-state index in [9.17, 15) is 13.2 Å². The fourth-order valence-electron chi connectivity index (χ4n) is 3.15. The summed E-state index contributed by atoms with van der Waals surface area (Å²) in [5.41, 5.74) is 2.05. The number of sulfonamides is 1. The number of nitrogens with zero attached hydrogens (tertiary/aromatic N) is 1. The first kappa shape index (κ1) is 22.3. The SMILES string of the molecule is Cc1ccc(OC[C@@H](C)NC(=O)c2ccc(C)c(S(=O)(=O)N3CCOCC3)c2)cc1. The van der Waals surface area contributed by atoms with Gasteiger partial charge in [-0.15, -0.1) is 0 Å². The monoisotopic (exact) mass is 432 g/mol. The molecule has 0 unspecified atom stereocenters. The molecule has 1 fully saturated rings. The molecule has 2 aromatic carbocycles. The largest absolute Gasteiger partial charge is 0.491 e. The number of nitrogens with one attached hydrogen (secondary N) is 1. The molecule has 1 heterocycles. The number of ether oxygens (including phenoxy) is 2. The van der Waals surface area contributed by atoms with Crippen LogP contribution in [0.4, 0.5) is 0 Å². The third-order valence-electron chi connectivity index (χ3n) is 4.94. The zero-order chi connectivity index (χ0) is 21.7. The summed E-state index contributed by atoms with van der Waals surface area (Å²) in [5, 5.41) is 2.86. The molecule has 1 amide bonds. The minimum absolute atomic E-state index is 0.153. The van der Waals surface area contributed by atoms with Gasteiger partial charge in [0.2, 0.25) is 10.0 Å². The molecule has 0 spiro atoms. The fraction of sp³-hybridized carbons (Fsp3) is 0.409. The summed E-state index contributed by atoms with van der Waals surface area (Å²) in [6, 6.07) is 12.2. The number of morpholine rings is 1. The maximum atomic E-state index is 13.0. The van der Waals surface area contributed by atoms with Crippen LogP contribution in [-0.2, 0) is 14.8 Å². The Morgan fingerprint density at radius 2 is 1.80 bits per heavy atom. The van der Waals surface area contributed by atoms with E-state index in [4.69, 9.17) is 9.47 Å². The second kappa shape index (κ2) is 9.59. The van der Waals surface area contributed by atoms with Crippen LogP contribution in [0.1, 0.15) is 28.4 Å². The van der Waals surface area contributed by atoms with E-state index in [0.717, 1.165) is 11.3 Å². The Kier molecular flexibility index (Phi) is 7.12. The molecule has 7 nitrogen and oxygen atoms in total. The van der Waals surface area contributed by atoms with Gasteiger partial charge in [-0.25, -0.2) is 8.42 Å². The van der Waals surface area contributed by atoms with Crippen LogP contribution in [0, 0.1) is 13.8 Å². The Hall–Kier alpha value is -2.42. The molecule has 0 bridgehead atoms. The molecule has 0 saturated carbocycles. The van der Waals surface area contributed by atoms with Gasteiger partial charge in [0, 0.05) is 18.7 Å². The number of aryl methyl sites for hydroxylation is 2. The van der Waals surface area contributed by atoms with E-state index in [1.165, 1.54) is 10.4 Å². The minimum atomic E-state index is -3.68. The van der Waals surface area contributed by atoms with Crippen LogP contribution in [0.5, 0.6) is 5.75 Å². The van der Waals surface area contributed by atoms with Crippen LogP contribution >= 0.6 is 0 Å². The quantitative estimate of drug-likeness (QED) is 0.727. The minimum Gasteiger partial charge on any atom is -0.491 e. The maximum absolute atomic E-state index is 13.0. The highest BCUT2D eigenvalue weighted by Crippen LogP contribution is 2.22. The molecule has 1 saturated heterocycles. The average molecular weight is 433 g/mol. The predicted molar refractivity (Wildman–Crippen MR) is 114 cm³/mol. The number of amides is 1. The molecule has 2 aromatic rings. The maximum Gasteiger partial charge on any atom is 0.251 e. The zero-order valence-corrected chi connectivity index (χ0v) is 18.4. The van der Waals surface area contributed by atoms with E-state index in [1.54, 1.807) is 19.1 Å². The second-order valence-corrected chi connectivity index (χ2v) is 9.40. The zero-order valence-electron chi connectivity index (χ0n) is 17.6. The highest BCUT2D eigenvalue weighted by atomic mass is 32.2. The second-order valence-electron chi connectivity index (χ2n) is 7.50. The van der Waals surface area contributed by atoms with Gasteiger partial charge in [-0.3, -0.25) is 4.79 Å². The first-order valence-electron chi connectivity index (χ1n) is 9.96. The summed E-state index contributed by atoms with van der Waals surface area (Å²) in [5.74, 6) is 0.393. The smallest absolute Gasteiger partial charge is 0.251 e. The lowest BCUT2D eigenvalue weighted by Gasteiger charge is -2.26. The van der Waals surface area contributed by atoms with Crippen LogP contribution in [0.2, 0.25) is 0 Å². The Labute approximate surface area is 178 Å². The molecule has 1 N–H and O–H groups in total. The number of carbonyl (C=O) groups is 1. The molecule has 162 valence electrons. The van der Waals surface area contributed by atoms with Crippen LogP contribution in [0.25, 0.3) is 0 Å². The van der Waals surface area contributed by atoms with Crippen molar-refractivity contribution in [1.29, 1.82) is 0 Å². The van der Waals surface area contributed by atoms with E-state index in [-0.39, 0.29) is 16.8 Å². The highest BCUT2D eigenvalue weighted by molar-refractivity contribution is 7.89. The Morgan fingerprint density at radius 1 is 1.13 bits per heavy atom. The predicted octanol–water partition coefficient (Wildman–Crippen LogP) is 2.52. The number of hydrogen-bond acceptors (Lipinski definition) is 5.